The Morgan fingerprint density at radius 2 is 2.12 bits per heavy atom. The van der Waals surface area contributed by atoms with Crippen LogP contribution in [0.1, 0.15) is 39.5 Å². The van der Waals surface area contributed by atoms with Gasteiger partial charge in [-0.15, -0.1) is 0 Å². The lowest BCUT2D eigenvalue weighted by atomic mass is 9.92. The maximum absolute atomic E-state index is 11.8. The van der Waals surface area contributed by atoms with Gasteiger partial charge < -0.3 is 5.11 Å². The molecule has 0 heterocycles. The third kappa shape index (κ3) is 3.78. The Morgan fingerprint density at radius 1 is 1.56 bits per heavy atom. The van der Waals surface area contributed by atoms with Crippen LogP contribution in [0.5, 0.6) is 0 Å². The Balaban J connectivity index is 2.56. The molecular weight excluding hydrogens is 319 g/mol. The predicted molar refractivity (Wildman–Crippen MR) is 72.7 cm³/mol. The number of hydrogen-bond acceptors (Lipinski definition) is 3. The molecule has 0 aromatic rings. The highest BCUT2D eigenvalue weighted by molar-refractivity contribution is 14.1. The largest absolute Gasteiger partial charge is 0.395 e. The lowest BCUT2D eigenvalue weighted by Gasteiger charge is -2.23. The van der Waals surface area contributed by atoms with Crippen molar-refractivity contribution in [1.29, 1.82) is 0 Å². The standard InChI is InChI=1S/C11H19IN2O2/c1-11(2,7-15)10(16)13-8-3-5-9(14-12)6-4-8/h9,14-15H,3-7H2,1-2H3. The van der Waals surface area contributed by atoms with E-state index in [0.29, 0.717) is 6.04 Å². The zero-order valence-corrected chi connectivity index (χ0v) is 12.0. The van der Waals surface area contributed by atoms with Crippen molar-refractivity contribution in [3.8, 4) is 0 Å². The SMILES string of the molecule is CC(C)(CO)C(=O)N=C1CCC(NI)CC1. The van der Waals surface area contributed by atoms with Crippen molar-refractivity contribution in [2.45, 2.75) is 45.6 Å². The number of aliphatic imine (C=N–C) groups is 1. The first-order valence-electron chi connectivity index (χ1n) is 5.57. The minimum absolute atomic E-state index is 0.152. The molecule has 0 aromatic carbocycles. The van der Waals surface area contributed by atoms with Crippen LogP contribution in [0.2, 0.25) is 0 Å². The lowest BCUT2D eigenvalue weighted by Crippen LogP contribution is -2.30. The van der Waals surface area contributed by atoms with Crippen LogP contribution in [0, 0.1) is 5.41 Å². The number of hydrogen-bond donors (Lipinski definition) is 2. The van der Waals surface area contributed by atoms with Crippen LogP contribution in [0.15, 0.2) is 4.99 Å². The van der Waals surface area contributed by atoms with E-state index in [2.05, 4.69) is 31.4 Å². The van der Waals surface area contributed by atoms with E-state index < -0.39 is 5.41 Å². The van der Waals surface area contributed by atoms with Gasteiger partial charge in [0.25, 0.3) is 5.91 Å². The third-order valence-corrected chi connectivity index (χ3v) is 3.83. The van der Waals surface area contributed by atoms with E-state index in [1.165, 1.54) is 0 Å². The molecule has 1 saturated carbocycles. The smallest absolute Gasteiger partial charge is 0.253 e. The first-order chi connectivity index (χ1) is 7.49. The number of carbonyl (C=O) groups excluding carboxylic acids is 1. The minimum atomic E-state index is -0.745. The van der Waals surface area contributed by atoms with Crippen LogP contribution in [-0.4, -0.2) is 29.4 Å². The molecule has 16 heavy (non-hydrogen) atoms. The summed E-state index contributed by atoms with van der Waals surface area (Å²) in [7, 11) is 0. The van der Waals surface area contributed by atoms with Gasteiger partial charge in [-0.05, 0) is 39.5 Å². The fraction of sp³-hybridized carbons (Fsp3) is 0.818. The summed E-state index contributed by atoms with van der Waals surface area (Å²) in [4.78, 5) is 15.9. The highest BCUT2D eigenvalue weighted by atomic mass is 127. The average Bonchev–Trinajstić information content (AvgIpc) is 2.30. The normalized spacial score (nSPS) is 22.0. The van der Waals surface area contributed by atoms with Gasteiger partial charge in [0, 0.05) is 34.6 Å². The molecule has 92 valence electrons. The molecule has 1 fully saturated rings. The molecule has 0 aromatic heterocycles. The summed E-state index contributed by atoms with van der Waals surface area (Å²) in [5.74, 6) is -0.203. The number of aliphatic hydroxyl groups excluding tert-OH is 1. The van der Waals surface area contributed by atoms with E-state index in [4.69, 9.17) is 5.11 Å². The summed E-state index contributed by atoms with van der Waals surface area (Å²) in [6.45, 7) is 3.29. The van der Waals surface area contributed by atoms with Crippen molar-refractivity contribution in [2.24, 2.45) is 10.4 Å². The fourth-order valence-electron chi connectivity index (χ4n) is 1.53. The van der Waals surface area contributed by atoms with Gasteiger partial charge in [-0.3, -0.25) is 8.32 Å². The Morgan fingerprint density at radius 3 is 2.56 bits per heavy atom. The molecule has 0 unspecified atom stereocenters. The van der Waals surface area contributed by atoms with E-state index in [0.717, 1.165) is 31.4 Å². The van der Waals surface area contributed by atoms with Gasteiger partial charge in [0.05, 0.1) is 12.0 Å². The number of nitrogens with one attached hydrogen (secondary N) is 1. The van der Waals surface area contributed by atoms with E-state index in [1.54, 1.807) is 13.8 Å². The van der Waals surface area contributed by atoms with Crippen LogP contribution in [0.25, 0.3) is 0 Å². The zero-order valence-electron chi connectivity index (χ0n) is 9.79. The number of aliphatic hydroxyl groups is 1. The second-order valence-electron chi connectivity index (χ2n) is 4.91. The molecular formula is C11H19IN2O2. The van der Waals surface area contributed by atoms with Gasteiger partial charge in [-0.25, -0.2) is 4.99 Å². The van der Waals surface area contributed by atoms with Gasteiger partial charge in [0.1, 0.15) is 0 Å². The topological polar surface area (TPSA) is 61.7 Å². The van der Waals surface area contributed by atoms with Gasteiger partial charge >= 0.3 is 0 Å². The second-order valence-corrected chi connectivity index (χ2v) is 5.53. The first kappa shape index (κ1) is 14.1. The van der Waals surface area contributed by atoms with Crippen LogP contribution >= 0.6 is 22.9 Å². The molecule has 0 saturated heterocycles. The molecule has 4 nitrogen and oxygen atoms in total. The molecule has 0 atom stereocenters. The summed E-state index contributed by atoms with van der Waals surface area (Å²) < 4.78 is 3.21. The van der Waals surface area contributed by atoms with Gasteiger partial charge in [0.15, 0.2) is 0 Å². The highest BCUT2D eigenvalue weighted by Gasteiger charge is 2.27. The van der Waals surface area contributed by atoms with Crippen molar-refractivity contribution in [3.05, 3.63) is 0 Å². The molecule has 0 aliphatic heterocycles. The number of carbonyl (C=O) groups is 1. The molecule has 0 radical (unpaired) electrons. The minimum Gasteiger partial charge on any atom is -0.395 e. The Labute approximate surface area is 110 Å². The lowest BCUT2D eigenvalue weighted by molar-refractivity contribution is -0.127. The fourth-order valence-corrected chi connectivity index (χ4v) is 2.16. The number of halogens is 1. The maximum Gasteiger partial charge on any atom is 0.253 e. The monoisotopic (exact) mass is 338 g/mol. The van der Waals surface area contributed by atoms with Crippen LogP contribution in [0.4, 0.5) is 0 Å². The van der Waals surface area contributed by atoms with Gasteiger partial charge in [-0.2, -0.15) is 0 Å². The molecule has 1 aliphatic rings. The zero-order chi connectivity index (χ0) is 12.2. The third-order valence-electron chi connectivity index (χ3n) is 2.95. The molecule has 1 aliphatic carbocycles. The molecule has 5 heteroatoms. The maximum atomic E-state index is 11.8. The van der Waals surface area contributed by atoms with Crippen LogP contribution in [0.3, 0.4) is 0 Å². The van der Waals surface area contributed by atoms with Crippen molar-refractivity contribution < 1.29 is 9.90 Å². The molecule has 0 spiro atoms. The predicted octanol–water partition coefficient (Wildman–Crippen LogP) is 1.85. The molecule has 2 N–H and O–H groups in total. The van der Waals surface area contributed by atoms with E-state index >= 15 is 0 Å². The molecule has 1 amide bonds. The molecule has 0 bridgehead atoms. The Bertz CT molecular complexity index is 280. The Kier molecular flexibility index (Phi) is 5.33. The first-order valence-corrected chi connectivity index (χ1v) is 6.65. The van der Waals surface area contributed by atoms with Crippen molar-refractivity contribution in [1.82, 2.24) is 3.53 Å². The van der Waals surface area contributed by atoms with Crippen LogP contribution in [-0.2, 0) is 4.79 Å². The quantitative estimate of drug-likeness (QED) is 0.610. The van der Waals surface area contributed by atoms with Gasteiger partial charge in [0.2, 0.25) is 0 Å². The second kappa shape index (κ2) is 6.07. The Hall–Kier alpha value is -0.0100. The summed E-state index contributed by atoms with van der Waals surface area (Å²) in [6.07, 6.45) is 3.84. The van der Waals surface area contributed by atoms with Crippen molar-refractivity contribution >= 4 is 34.5 Å². The van der Waals surface area contributed by atoms with Gasteiger partial charge in [-0.1, -0.05) is 0 Å². The number of amides is 1. The summed E-state index contributed by atoms with van der Waals surface area (Å²) in [6, 6.07) is 0.542. The van der Waals surface area contributed by atoms with E-state index in [1.807, 2.05) is 0 Å². The van der Waals surface area contributed by atoms with E-state index in [-0.39, 0.29) is 12.5 Å². The van der Waals surface area contributed by atoms with Crippen LogP contribution < -0.4 is 3.53 Å². The molecule has 1 rings (SSSR count). The average molecular weight is 338 g/mol. The summed E-state index contributed by atoms with van der Waals surface area (Å²) >= 11 is 2.17. The number of nitrogens with zero attached hydrogens (tertiary/aromatic N) is 1. The number of rotatable bonds is 3. The summed E-state index contributed by atoms with van der Waals surface area (Å²) in [5.41, 5.74) is 0.236. The van der Waals surface area contributed by atoms with Crippen molar-refractivity contribution in [3.63, 3.8) is 0 Å². The highest BCUT2D eigenvalue weighted by Crippen LogP contribution is 2.20. The summed E-state index contributed by atoms with van der Waals surface area (Å²) in [5, 5.41) is 9.07. The van der Waals surface area contributed by atoms with Crippen molar-refractivity contribution in [2.75, 3.05) is 6.61 Å². The van der Waals surface area contributed by atoms with E-state index in [9.17, 15) is 4.79 Å².